The van der Waals surface area contributed by atoms with Crippen LogP contribution >= 0.6 is 0 Å². The minimum atomic E-state index is -0.0376. The minimum absolute atomic E-state index is 0.0376. The van der Waals surface area contributed by atoms with Gasteiger partial charge in [0.05, 0.1) is 13.2 Å². The van der Waals surface area contributed by atoms with Crippen molar-refractivity contribution >= 4 is 5.91 Å². The smallest absolute Gasteiger partial charge is 0.231 e. The summed E-state index contributed by atoms with van der Waals surface area (Å²) in [5, 5.41) is 0. The van der Waals surface area contributed by atoms with Crippen LogP contribution in [0.5, 0.6) is 11.5 Å². The molecule has 5 nitrogen and oxygen atoms in total. The summed E-state index contributed by atoms with van der Waals surface area (Å²) in [6.45, 7) is 2.12. The van der Waals surface area contributed by atoms with E-state index < -0.39 is 0 Å². The summed E-state index contributed by atoms with van der Waals surface area (Å²) in [5.41, 5.74) is 2.21. The molecule has 2 heterocycles. The Hall–Kier alpha value is -2.53. The molecule has 0 radical (unpaired) electrons. The molecule has 25 heavy (non-hydrogen) atoms. The maximum absolute atomic E-state index is 12.6. The van der Waals surface area contributed by atoms with Crippen molar-refractivity contribution in [1.82, 2.24) is 4.90 Å². The van der Waals surface area contributed by atoms with Gasteiger partial charge in [0.15, 0.2) is 11.5 Å². The number of rotatable bonds is 4. The van der Waals surface area contributed by atoms with Crippen LogP contribution in [0.1, 0.15) is 23.7 Å². The summed E-state index contributed by atoms with van der Waals surface area (Å²) in [5.74, 6) is 1.70. The Labute approximate surface area is 147 Å². The molecule has 1 atom stereocenters. The minimum Gasteiger partial charge on any atom is -0.454 e. The summed E-state index contributed by atoms with van der Waals surface area (Å²) in [7, 11) is 0. The zero-order valence-electron chi connectivity index (χ0n) is 14.0. The molecule has 0 aromatic heterocycles. The van der Waals surface area contributed by atoms with Crippen LogP contribution in [0.25, 0.3) is 0 Å². The molecule has 2 aromatic carbocycles. The number of ether oxygens (including phenoxy) is 3. The highest BCUT2D eigenvalue weighted by atomic mass is 16.7. The number of aryl methyl sites for hydroxylation is 1. The van der Waals surface area contributed by atoms with E-state index >= 15 is 0 Å². The first kappa shape index (κ1) is 16.0. The molecule has 4 rings (SSSR count). The molecule has 0 spiro atoms. The highest BCUT2D eigenvalue weighted by Crippen LogP contribution is 2.32. The lowest BCUT2D eigenvalue weighted by Crippen LogP contribution is -2.42. The average Bonchev–Trinajstić information content (AvgIpc) is 3.15. The first-order valence-electron chi connectivity index (χ1n) is 8.62. The lowest BCUT2D eigenvalue weighted by molar-refractivity contribution is -0.139. The van der Waals surface area contributed by atoms with Gasteiger partial charge in [-0.05, 0) is 29.7 Å². The lowest BCUT2D eigenvalue weighted by Gasteiger charge is -2.33. The van der Waals surface area contributed by atoms with E-state index in [1.54, 1.807) is 0 Å². The number of carbonyl (C=O) groups is 1. The second kappa shape index (κ2) is 7.15. The molecule has 1 fully saturated rings. The first-order valence-corrected chi connectivity index (χ1v) is 8.62. The monoisotopic (exact) mass is 339 g/mol. The van der Waals surface area contributed by atoms with E-state index in [2.05, 4.69) is 0 Å². The van der Waals surface area contributed by atoms with Crippen LogP contribution in [0.4, 0.5) is 0 Å². The molecular weight excluding hydrogens is 318 g/mol. The van der Waals surface area contributed by atoms with Crippen LogP contribution in [0.15, 0.2) is 48.5 Å². The van der Waals surface area contributed by atoms with Crippen LogP contribution in [0.2, 0.25) is 0 Å². The molecule has 0 aliphatic carbocycles. The largest absolute Gasteiger partial charge is 0.454 e. The van der Waals surface area contributed by atoms with Crippen LogP contribution < -0.4 is 9.47 Å². The van der Waals surface area contributed by atoms with Gasteiger partial charge in [-0.15, -0.1) is 0 Å². The highest BCUT2D eigenvalue weighted by molar-refractivity contribution is 5.76. The van der Waals surface area contributed by atoms with Crippen molar-refractivity contribution in [3.63, 3.8) is 0 Å². The van der Waals surface area contributed by atoms with Crippen LogP contribution in [0.3, 0.4) is 0 Å². The Balaban J connectivity index is 1.34. The van der Waals surface area contributed by atoms with E-state index in [9.17, 15) is 4.79 Å². The van der Waals surface area contributed by atoms with E-state index in [0.29, 0.717) is 32.5 Å². The normalized spacial score (nSPS) is 19.0. The zero-order chi connectivity index (χ0) is 17.1. The number of hydrogen-bond donors (Lipinski definition) is 0. The molecule has 2 aliphatic heterocycles. The van der Waals surface area contributed by atoms with Gasteiger partial charge >= 0.3 is 0 Å². The predicted molar refractivity (Wildman–Crippen MR) is 92.6 cm³/mol. The summed E-state index contributed by atoms with van der Waals surface area (Å²) in [4.78, 5) is 14.5. The molecule has 5 heteroatoms. The van der Waals surface area contributed by atoms with Crippen molar-refractivity contribution < 1.29 is 19.0 Å². The molecule has 2 aromatic rings. The van der Waals surface area contributed by atoms with Gasteiger partial charge < -0.3 is 19.1 Å². The number of hydrogen-bond acceptors (Lipinski definition) is 4. The van der Waals surface area contributed by atoms with E-state index in [-0.39, 0.29) is 18.8 Å². The van der Waals surface area contributed by atoms with Gasteiger partial charge in [0.25, 0.3) is 0 Å². The summed E-state index contributed by atoms with van der Waals surface area (Å²) >= 11 is 0. The van der Waals surface area contributed by atoms with Crippen LogP contribution in [-0.4, -0.2) is 37.3 Å². The molecule has 1 saturated heterocycles. The van der Waals surface area contributed by atoms with Crippen molar-refractivity contribution in [2.24, 2.45) is 0 Å². The topological polar surface area (TPSA) is 48.0 Å². The maximum atomic E-state index is 12.6. The molecule has 2 aliphatic rings. The molecule has 0 N–H and O–H groups in total. The van der Waals surface area contributed by atoms with Gasteiger partial charge in [0.1, 0.15) is 6.10 Å². The molecule has 0 saturated carbocycles. The number of amides is 1. The number of benzene rings is 2. The third kappa shape index (κ3) is 3.61. The Morgan fingerprint density at radius 3 is 2.80 bits per heavy atom. The molecule has 130 valence electrons. The zero-order valence-corrected chi connectivity index (χ0v) is 14.0. The van der Waals surface area contributed by atoms with Crippen molar-refractivity contribution in [3.05, 3.63) is 59.7 Å². The van der Waals surface area contributed by atoms with Crippen LogP contribution in [-0.2, 0) is 16.0 Å². The molecular formula is C20H21NO4. The maximum Gasteiger partial charge on any atom is 0.231 e. The first-order chi connectivity index (χ1) is 12.3. The van der Waals surface area contributed by atoms with Crippen molar-refractivity contribution in [3.8, 4) is 11.5 Å². The molecule has 1 amide bonds. The quantitative estimate of drug-likeness (QED) is 0.859. The Bertz CT molecular complexity index is 747. The summed E-state index contributed by atoms with van der Waals surface area (Å²) in [6, 6.07) is 15.9. The van der Waals surface area contributed by atoms with Crippen LogP contribution in [0, 0.1) is 0 Å². The second-order valence-electron chi connectivity index (χ2n) is 6.30. The molecule has 0 bridgehead atoms. The van der Waals surface area contributed by atoms with E-state index in [4.69, 9.17) is 14.2 Å². The highest BCUT2D eigenvalue weighted by Gasteiger charge is 2.25. The number of carbonyl (C=O) groups excluding carboxylic acids is 1. The fourth-order valence-corrected chi connectivity index (χ4v) is 3.25. The third-order valence-electron chi connectivity index (χ3n) is 4.66. The van der Waals surface area contributed by atoms with Gasteiger partial charge in [-0.2, -0.15) is 0 Å². The average molecular weight is 339 g/mol. The fourth-order valence-electron chi connectivity index (χ4n) is 3.25. The van der Waals surface area contributed by atoms with Gasteiger partial charge in [-0.1, -0.05) is 36.4 Å². The molecule has 0 unspecified atom stereocenters. The summed E-state index contributed by atoms with van der Waals surface area (Å²) < 4.78 is 16.5. The predicted octanol–water partition coefficient (Wildman–Crippen LogP) is 2.95. The van der Waals surface area contributed by atoms with Gasteiger partial charge in [-0.25, -0.2) is 0 Å². The van der Waals surface area contributed by atoms with E-state index in [1.165, 1.54) is 0 Å². The number of morpholine rings is 1. The van der Waals surface area contributed by atoms with Gasteiger partial charge in [0.2, 0.25) is 12.7 Å². The second-order valence-corrected chi connectivity index (χ2v) is 6.30. The lowest BCUT2D eigenvalue weighted by atomic mass is 10.1. The van der Waals surface area contributed by atoms with Crippen molar-refractivity contribution in [2.75, 3.05) is 26.5 Å². The SMILES string of the molecule is O=C(CCc1ccc2c(c1)OCO2)N1CCO[C@H](c2ccccc2)C1. The van der Waals surface area contributed by atoms with E-state index in [1.807, 2.05) is 53.4 Å². The standard InChI is InChI=1S/C20H21NO4/c22-20(9-7-15-6-8-17-18(12-15)25-14-24-17)21-10-11-23-19(13-21)16-4-2-1-3-5-16/h1-6,8,12,19H,7,9-11,13-14H2/t19-/m0/s1. The van der Waals surface area contributed by atoms with E-state index in [0.717, 1.165) is 22.6 Å². The van der Waals surface area contributed by atoms with Crippen molar-refractivity contribution in [1.29, 1.82) is 0 Å². The Morgan fingerprint density at radius 1 is 1.08 bits per heavy atom. The Morgan fingerprint density at radius 2 is 1.92 bits per heavy atom. The van der Waals surface area contributed by atoms with Gasteiger partial charge in [-0.3, -0.25) is 4.79 Å². The Kier molecular flexibility index (Phi) is 4.57. The van der Waals surface area contributed by atoms with Gasteiger partial charge in [0, 0.05) is 13.0 Å². The fraction of sp³-hybridized carbons (Fsp3) is 0.350. The number of nitrogens with zero attached hydrogens (tertiary/aromatic N) is 1. The van der Waals surface area contributed by atoms with Crippen molar-refractivity contribution in [2.45, 2.75) is 18.9 Å². The number of fused-ring (bicyclic) bond motifs is 1. The summed E-state index contributed by atoms with van der Waals surface area (Å²) in [6.07, 6.45) is 1.15. The third-order valence-corrected chi connectivity index (χ3v) is 4.66.